The molecule has 7 heteroatoms. The number of anilines is 1. The molecule has 3 aromatic heterocycles. The molecule has 0 aliphatic carbocycles. The number of halogens is 1. The van der Waals surface area contributed by atoms with Crippen LogP contribution < -0.4 is 15.8 Å². The maximum Gasteiger partial charge on any atom is 0.345 e. The van der Waals surface area contributed by atoms with Crippen LogP contribution >= 0.6 is 0 Å². The molecule has 33 heavy (non-hydrogen) atoms. The van der Waals surface area contributed by atoms with Gasteiger partial charge in [-0.1, -0.05) is 18.2 Å². The van der Waals surface area contributed by atoms with Gasteiger partial charge in [-0.2, -0.15) is 0 Å². The number of pyridine rings is 1. The minimum Gasteiger partial charge on any atom is -0.422 e. The van der Waals surface area contributed by atoms with Crippen LogP contribution in [-0.4, -0.2) is 29.6 Å². The summed E-state index contributed by atoms with van der Waals surface area (Å²) in [7, 11) is 0. The van der Waals surface area contributed by atoms with E-state index < -0.39 is 0 Å². The highest BCUT2D eigenvalue weighted by Gasteiger charge is 2.24. The number of aromatic amines is 1. The summed E-state index contributed by atoms with van der Waals surface area (Å²) in [5, 5.41) is 6.86. The maximum absolute atomic E-state index is 13.8. The first kappa shape index (κ1) is 19.9. The van der Waals surface area contributed by atoms with E-state index in [4.69, 9.17) is 4.42 Å². The van der Waals surface area contributed by atoms with Crippen molar-refractivity contribution in [2.75, 3.05) is 24.5 Å². The van der Waals surface area contributed by atoms with Gasteiger partial charge in [-0.05, 0) is 54.1 Å². The van der Waals surface area contributed by atoms with Crippen LogP contribution in [0.25, 0.3) is 32.6 Å². The van der Waals surface area contributed by atoms with Crippen LogP contribution in [0.4, 0.5) is 10.2 Å². The summed E-state index contributed by atoms with van der Waals surface area (Å²) in [6.07, 6.45) is 2.83. The number of hydrogen-bond acceptors (Lipinski definition) is 5. The summed E-state index contributed by atoms with van der Waals surface area (Å²) in [5.74, 6) is 1.07. The molecule has 0 radical (unpaired) electrons. The number of benzene rings is 2. The van der Waals surface area contributed by atoms with Gasteiger partial charge in [-0.15, -0.1) is 0 Å². The molecule has 5 aromatic rings. The van der Waals surface area contributed by atoms with E-state index in [1.807, 2.05) is 30.3 Å². The summed E-state index contributed by atoms with van der Waals surface area (Å²) in [4.78, 5) is 22.5. The van der Waals surface area contributed by atoms with Gasteiger partial charge < -0.3 is 19.6 Å². The number of para-hydroxylation sites is 1. The molecule has 0 spiro atoms. The average molecular weight is 442 g/mol. The van der Waals surface area contributed by atoms with Crippen LogP contribution in [0.3, 0.4) is 0 Å². The Morgan fingerprint density at radius 1 is 1.12 bits per heavy atom. The van der Waals surface area contributed by atoms with Gasteiger partial charge in [0.1, 0.15) is 17.2 Å². The fraction of sp³-hybridized carbons (Fsp3) is 0.231. The lowest BCUT2D eigenvalue weighted by atomic mass is 10.1. The Hall–Kier alpha value is -3.71. The highest BCUT2D eigenvalue weighted by atomic mass is 19.1. The monoisotopic (exact) mass is 442 g/mol. The molecular formula is C26H23FN4O2. The molecule has 2 aromatic carbocycles. The van der Waals surface area contributed by atoms with Gasteiger partial charge >= 0.3 is 5.63 Å². The van der Waals surface area contributed by atoms with Gasteiger partial charge in [0, 0.05) is 48.8 Å². The zero-order valence-electron chi connectivity index (χ0n) is 18.0. The molecule has 2 N–H and O–H groups in total. The molecule has 1 unspecified atom stereocenters. The van der Waals surface area contributed by atoms with E-state index in [1.165, 1.54) is 6.07 Å². The molecule has 1 fully saturated rings. The molecule has 1 atom stereocenters. The third-order valence-corrected chi connectivity index (χ3v) is 6.49. The lowest BCUT2D eigenvalue weighted by Gasteiger charge is -2.19. The van der Waals surface area contributed by atoms with Gasteiger partial charge in [0.25, 0.3) is 0 Å². The number of rotatable bonds is 5. The second-order valence-corrected chi connectivity index (χ2v) is 8.70. The van der Waals surface area contributed by atoms with Gasteiger partial charge in [0.15, 0.2) is 0 Å². The van der Waals surface area contributed by atoms with Crippen LogP contribution in [0.1, 0.15) is 12.1 Å². The number of fused-ring (bicyclic) bond motifs is 4. The Morgan fingerprint density at radius 3 is 2.97 bits per heavy atom. The Labute approximate surface area is 189 Å². The highest BCUT2D eigenvalue weighted by molar-refractivity contribution is 6.02. The molecule has 166 valence electrons. The van der Waals surface area contributed by atoms with Crippen LogP contribution in [-0.2, 0) is 6.54 Å². The number of aromatic nitrogens is 2. The second kappa shape index (κ2) is 8.01. The van der Waals surface area contributed by atoms with Gasteiger partial charge in [-0.3, -0.25) is 0 Å². The topological polar surface area (TPSA) is 74.2 Å². The molecule has 1 aliphatic heterocycles. The van der Waals surface area contributed by atoms with Crippen molar-refractivity contribution >= 4 is 38.5 Å². The van der Waals surface area contributed by atoms with Crippen LogP contribution in [0.5, 0.6) is 0 Å². The Balaban J connectivity index is 1.14. The van der Waals surface area contributed by atoms with Crippen LogP contribution in [0.2, 0.25) is 0 Å². The quantitative estimate of drug-likeness (QED) is 0.390. The van der Waals surface area contributed by atoms with Gasteiger partial charge in [-0.25, -0.2) is 14.2 Å². The van der Waals surface area contributed by atoms with E-state index in [2.05, 4.69) is 20.2 Å². The maximum atomic E-state index is 13.8. The summed E-state index contributed by atoms with van der Waals surface area (Å²) in [6, 6.07) is 16.2. The van der Waals surface area contributed by atoms with E-state index in [0.717, 1.165) is 59.2 Å². The molecule has 0 bridgehead atoms. The summed E-state index contributed by atoms with van der Waals surface area (Å²) in [6.45, 7) is 3.25. The molecule has 0 saturated carbocycles. The normalized spacial score (nSPS) is 16.4. The fourth-order valence-corrected chi connectivity index (χ4v) is 4.88. The summed E-state index contributed by atoms with van der Waals surface area (Å²) >= 11 is 0. The largest absolute Gasteiger partial charge is 0.422 e. The van der Waals surface area contributed by atoms with Crippen LogP contribution in [0, 0.1) is 11.7 Å². The SMILES string of the molecule is O=c1oc2ccccc2c2[nH]c(CNCC3CCN(c4nccc5ccc(F)cc45)C3)cc12. The first-order chi connectivity index (χ1) is 16.2. The molecule has 1 saturated heterocycles. The van der Waals surface area contributed by atoms with Gasteiger partial charge in [0.05, 0.1) is 10.9 Å². The first-order valence-corrected chi connectivity index (χ1v) is 11.2. The predicted octanol–water partition coefficient (Wildman–Crippen LogP) is 4.58. The Kier molecular flexibility index (Phi) is 4.84. The van der Waals surface area contributed by atoms with E-state index in [0.29, 0.717) is 23.4 Å². The summed E-state index contributed by atoms with van der Waals surface area (Å²) in [5.41, 5.74) is 2.04. The second-order valence-electron chi connectivity index (χ2n) is 8.70. The third-order valence-electron chi connectivity index (χ3n) is 6.49. The predicted molar refractivity (Wildman–Crippen MR) is 128 cm³/mol. The lowest BCUT2D eigenvalue weighted by Crippen LogP contribution is -2.26. The molecule has 6 nitrogen and oxygen atoms in total. The number of H-pyrrole nitrogens is 1. The van der Waals surface area contributed by atoms with Crippen molar-refractivity contribution in [3.63, 3.8) is 0 Å². The smallest absolute Gasteiger partial charge is 0.345 e. The van der Waals surface area contributed by atoms with E-state index in [1.54, 1.807) is 24.4 Å². The minimum atomic E-state index is -0.323. The molecule has 6 rings (SSSR count). The average Bonchev–Trinajstić information content (AvgIpc) is 3.47. The molecule has 0 amide bonds. The van der Waals surface area contributed by atoms with E-state index in [-0.39, 0.29) is 11.4 Å². The Bertz CT molecular complexity index is 1540. The number of nitrogens with one attached hydrogen (secondary N) is 2. The molecule has 1 aliphatic rings. The zero-order chi connectivity index (χ0) is 22.4. The van der Waals surface area contributed by atoms with Crippen molar-refractivity contribution in [1.82, 2.24) is 15.3 Å². The lowest BCUT2D eigenvalue weighted by molar-refractivity contribution is 0.514. The Morgan fingerprint density at radius 2 is 2.03 bits per heavy atom. The number of hydrogen-bond donors (Lipinski definition) is 2. The molecular weight excluding hydrogens is 419 g/mol. The minimum absolute atomic E-state index is 0.241. The van der Waals surface area contributed by atoms with Crippen molar-refractivity contribution in [1.29, 1.82) is 0 Å². The highest BCUT2D eigenvalue weighted by Crippen LogP contribution is 2.29. The van der Waals surface area contributed by atoms with Crippen molar-refractivity contribution < 1.29 is 8.81 Å². The van der Waals surface area contributed by atoms with Crippen molar-refractivity contribution in [3.05, 3.63) is 82.7 Å². The fourth-order valence-electron chi connectivity index (χ4n) is 4.88. The zero-order valence-corrected chi connectivity index (χ0v) is 18.0. The summed E-state index contributed by atoms with van der Waals surface area (Å²) < 4.78 is 19.2. The molecule has 4 heterocycles. The third kappa shape index (κ3) is 3.64. The van der Waals surface area contributed by atoms with Gasteiger partial charge in [0.2, 0.25) is 0 Å². The van der Waals surface area contributed by atoms with Crippen molar-refractivity contribution in [2.24, 2.45) is 5.92 Å². The van der Waals surface area contributed by atoms with Crippen molar-refractivity contribution in [3.8, 4) is 0 Å². The van der Waals surface area contributed by atoms with Crippen LogP contribution in [0.15, 0.2) is 70.0 Å². The van der Waals surface area contributed by atoms with E-state index in [9.17, 15) is 9.18 Å². The first-order valence-electron chi connectivity index (χ1n) is 11.2. The van der Waals surface area contributed by atoms with Crippen molar-refractivity contribution in [2.45, 2.75) is 13.0 Å². The number of nitrogens with zero attached hydrogens (tertiary/aromatic N) is 2. The standard InChI is InChI=1S/C26H23FN4O2/c27-18-6-5-17-7-9-29-25(21(17)11-18)31-10-8-16(15-31)13-28-14-19-12-22-24(30-19)20-3-1-2-4-23(20)33-26(22)32/h1-7,9,11-12,16,28,30H,8,10,13-15H2. The van der Waals surface area contributed by atoms with E-state index >= 15 is 0 Å².